The van der Waals surface area contributed by atoms with Crippen LogP contribution in [0.2, 0.25) is 0 Å². The van der Waals surface area contributed by atoms with Gasteiger partial charge < -0.3 is 10.4 Å². The van der Waals surface area contributed by atoms with Crippen LogP contribution in [0.3, 0.4) is 0 Å². The first kappa shape index (κ1) is 7.56. The fourth-order valence-electron chi connectivity index (χ4n) is 2.11. The van der Waals surface area contributed by atoms with Crippen molar-refractivity contribution in [1.29, 1.82) is 0 Å². The number of rotatable bonds is 1. The zero-order valence-electron chi connectivity index (χ0n) is 6.97. The standard InChI is InChI=1S/C9H17NO/c11-7-8-3-1-2-4-9(10-8)5-6-9/h8,10-11H,1-7H2. The van der Waals surface area contributed by atoms with Gasteiger partial charge in [0.2, 0.25) is 0 Å². The molecule has 2 N–H and O–H groups in total. The Morgan fingerprint density at radius 1 is 1.27 bits per heavy atom. The average molecular weight is 155 g/mol. The molecule has 64 valence electrons. The summed E-state index contributed by atoms with van der Waals surface area (Å²) in [7, 11) is 0. The monoisotopic (exact) mass is 155 g/mol. The summed E-state index contributed by atoms with van der Waals surface area (Å²) in [5, 5.41) is 12.6. The van der Waals surface area contributed by atoms with E-state index in [1.807, 2.05) is 0 Å². The van der Waals surface area contributed by atoms with Crippen LogP contribution >= 0.6 is 0 Å². The van der Waals surface area contributed by atoms with Crippen molar-refractivity contribution >= 4 is 0 Å². The van der Waals surface area contributed by atoms with Gasteiger partial charge in [-0.1, -0.05) is 12.8 Å². The minimum Gasteiger partial charge on any atom is -0.395 e. The van der Waals surface area contributed by atoms with Gasteiger partial charge in [0.05, 0.1) is 6.61 Å². The van der Waals surface area contributed by atoms with Crippen molar-refractivity contribution in [3.05, 3.63) is 0 Å². The Bertz CT molecular complexity index is 142. The van der Waals surface area contributed by atoms with Gasteiger partial charge in [-0.2, -0.15) is 0 Å². The lowest BCUT2D eigenvalue weighted by molar-refractivity contribution is 0.226. The molecule has 0 aromatic carbocycles. The van der Waals surface area contributed by atoms with Gasteiger partial charge in [0.25, 0.3) is 0 Å². The molecule has 0 amide bonds. The van der Waals surface area contributed by atoms with Crippen molar-refractivity contribution in [3.63, 3.8) is 0 Å². The summed E-state index contributed by atoms with van der Waals surface area (Å²) in [6.07, 6.45) is 7.82. The average Bonchev–Trinajstić information content (AvgIpc) is 2.80. The van der Waals surface area contributed by atoms with E-state index in [2.05, 4.69) is 5.32 Å². The quantitative estimate of drug-likeness (QED) is 0.593. The second-order valence-electron chi connectivity index (χ2n) is 4.05. The van der Waals surface area contributed by atoms with E-state index in [0.29, 0.717) is 18.2 Å². The summed E-state index contributed by atoms with van der Waals surface area (Å²) in [4.78, 5) is 0. The lowest BCUT2D eigenvalue weighted by Crippen LogP contribution is -2.40. The SMILES string of the molecule is OCC1CCCCC2(CC2)N1. The van der Waals surface area contributed by atoms with Gasteiger partial charge in [0, 0.05) is 11.6 Å². The van der Waals surface area contributed by atoms with E-state index in [1.165, 1.54) is 32.1 Å². The van der Waals surface area contributed by atoms with E-state index in [4.69, 9.17) is 5.11 Å². The minimum atomic E-state index is 0.321. The molecule has 1 aliphatic heterocycles. The highest BCUT2D eigenvalue weighted by molar-refractivity contribution is 5.04. The van der Waals surface area contributed by atoms with E-state index in [1.54, 1.807) is 0 Å². The first-order valence-corrected chi connectivity index (χ1v) is 4.73. The second kappa shape index (κ2) is 2.76. The highest BCUT2D eigenvalue weighted by Crippen LogP contribution is 2.42. The van der Waals surface area contributed by atoms with Gasteiger partial charge in [-0.15, -0.1) is 0 Å². The maximum Gasteiger partial charge on any atom is 0.0584 e. The van der Waals surface area contributed by atoms with Crippen LogP contribution in [0.4, 0.5) is 0 Å². The molecule has 11 heavy (non-hydrogen) atoms. The van der Waals surface area contributed by atoms with Gasteiger partial charge in [-0.3, -0.25) is 0 Å². The van der Waals surface area contributed by atoms with Crippen LogP contribution in [0.15, 0.2) is 0 Å². The van der Waals surface area contributed by atoms with Gasteiger partial charge in [0.15, 0.2) is 0 Å². The zero-order chi connectivity index (χ0) is 7.73. The Hall–Kier alpha value is -0.0800. The number of hydrogen-bond acceptors (Lipinski definition) is 2. The molecule has 1 spiro atoms. The lowest BCUT2D eigenvalue weighted by atomic mass is 10.1. The van der Waals surface area contributed by atoms with Crippen molar-refractivity contribution in [1.82, 2.24) is 5.32 Å². The molecule has 1 saturated heterocycles. The molecule has 2 rings (SSSR count). The third kappa shape index (κ3) is 1.57. The topological polar surface area (TPSA) is 32.3 Å². The maximum atomic E-state index is 9.01. The Morgan fingerprint density at radius 3 is 2.73 bits per heavy atom. The van der Waals surface area contributed by atoms with Crippen LogP contribution in [0.25, 0.3) is 0 Å². The first-order chi connectivity index (χ1) is 5.35. The summed E-state index contributed by atoms with van der Waals surface area (Å²) in [6, 6.07) is 0.389. The molecule has 2 fully saturated rings. The van der Waals surface area contributed by atoms with Crippen LogP contribution in [-0.4, -0.2) is 23.3 Å². The molecule has 1 aliphatic carbocycles. The number of nitrogens with one attached hydrogen (secondary N) is 1. The smallest absolute Gasteiger partial charge is 0.0584 e. The van der Waals surface area contributed by atoms with E-state index >= 15 is 0 Å². The Kier molecular flexibility index (Phi) is 1.90. The fourth-order valence-corrected chi connectivity index (χ4v) is 2.11. The summed E-state index contributed by atoms with van der Waals surface area (Å²) in [5.74, 6) is 0. The molecule has 1 saturated carbocycles. The normalized spacial score (nSPS) is 35.2. The predicted molar refractivity (Wildman–Crippen MR) is 44.4 cm³/mol. The Morgan fingerprint density at radius 2 is 2.09 bits per heavy atom. The van der Waals surface area contributed by atoms with Crippen LogP contribution < -0.4 is 5.32 Å². The minimum absolute atomic E-state index is 0.321. The van der Waals surface area contributed by atoms with Crippen LogP contribution in [0.5, 0.6) is 0 Å². The molecule has 1 atom stereocenters. The third-order valence-electron chi connectivity index (χ3n) is 3.04. The molecule has 0 aromatic heterocycles. The summed E-state index contributed by atoms with van der Waals surface area (Å²) in [5.41, 5.74) is 0.476. The Balaban J connectivity index is 1.94. The summed E-state index contributed by atoms with van der Waals surface area (Å²) >= 11 is 0. The van der Waals surface area contributed by atoms with Crippen molar-refractivity contribution in [3.8, 4) is 0 Å². The van der Waals surface area contributed by atoms with E-state index < -0.39 is 0 Å². The summed E-state index contributed by atoms with van der Waals surface area (Å²) in [6.45, 7) is 0.321. The molecule has 1 unspecified atom stereocenters. The molecule has 2 heteroatoms. The van der Waals surface area contributed by atoms with Crippen LogP contribution in [0.1, 0.15) is 38.5 Å². The van der Waals surface area contributed by atoms with E-state index in [-0.39, 0.29) is 0 Å². The number of hydrogen-bond donors (Lipinski definition) is 2. The van der Waals surface area contributed by atoms with Crippen molar-refractivity contribution in [2.75, 3.05) is 6.61 Å². The number of aliphatic hydroxyl groups is 1. The van der Waals surface area contributed by atoms with Crippen molar-refractivity contribution in [2.24, 2.45) is 0 Å². The second-order valence-corrected chi connectivity index (χ2v) is 4.05. The van der Waals surface area contributed by atoms with Gasteiger partial charge in [-0.05, 0) is 25.7 Å². The molecule has 0 radical (unpaired) electrons. The zero-order valence-corrected chi connectivity index (χ0v) is 6.97. The highest BCUT2D eigenvalue weighted by atomic mass is 16.3. The maximum absolute atomic E-state index is 9.01. The predicted octanol–water partition coefficient (Wildman–Crippen LogP) is 1.04. The molecular weight excluding hydrogens is 138 g/mol. The molecule has 2 nitrogen and oxygen atoms in total. The molecular formula is C9H17NO. The first-order valence-electron chi connectivity index (χ1n) is 4.73. The fraction of sp³-hybridized carbons (Fsp3) is 1.00. The van der Waals surface area contributed by atoms with Crippen molar-refractivity contribution < 1.29 is 5.11 Å². The number of aliphatic hydroxyl groups excluding tert-OH is 1. The van der Waals surface area contributed by atoms with Crippen molar-refractivity contribution in [2.45, 2.75) is 50.1 Å². The molecule has 1 heterocycles. The third-order valence-corrected chi connectivity index (χ3v) is 3.04. The van der Waals surface area contributed by atoms with Gasteiger partial charge in [0.1, 0.15) is 0 Å². The van der Waals surface area contributed by atoms with E-state index in [9.17, 15) is 0 Å². The van der Waals surface area contributed by atoms with Crippen LogP contribution in [-0.2, 0) is 0 Å². The molecule has 0 bridgehead atoms. The van der Waals surface area contributed by atoms with Gasteiger partial charge >= 0.3 is 0 Å². The highest BCUT2D eigenvalue weighted by Gasteiger charge is 2.43. The largest absolute Gasteiger partial charge is 0.395 e. The summed E-state index contributed by atoms with van der Waals surface area (Å²) < 4.78 is 0. The van der Waals surface area contributed by atoms with Gasteiger partial charge in [-0.25, -0.2) is 0 Å². The molecule has 0 aromatic rings. The van der Waals surface area contributed by atoms with Crippen LogP contribution in [0, 0.1) is 0 Å². The Labute approximate surface area is 68.0 Å². The van der Waals surface area contributed by atoms with E-state index in [0.717, 1.165) is 6.42 Å². The lowest BCUT2D eigenvalue weighted by Gasteiger charge is -2.19. The molecule has 2 aliphatic rings.